The second kappa shape index (κ2) is 8.59. The minimum atomic E-state index is -1.15. The van der Waals surface area contributed by atoms with E-state index in [4.69, 9.17) is 44.3 Å². The van der Waals surface area contributed by atoms with Gasteiger partial charge in [0.05, 0.1) is 16.8 Å². The van der Waals surface area contributed by atoms with E-state index in [0.29, 0.717) is 50.1 Å². The Labute approximate surface area is 191 Å². The Balaban J connectivity index is 1.59. The molecule has 0 unspecified atom stereocenters. The van der Waals surface area contributed by atoms with Crippen LogP contribution in [0.2, 0.25) is 15.1 Å². The Bertz CT molecular complexity index is 1070. The molecule has 1 fully saturated rings. The van der Waals surface area contributed by atoms with Gasteiger partial charge in [-0.3, -0.25) is 9.69 Å². The number of fused-ring (bicyclic) bond motifs is 1. The fourth-order valence-corrected chi connectivity index (χ4v) is 4.96. The van der Waals surface area contributed by atoms with Crippen molar-refractivity contribution in [3.63, 3.8) is 0 Å². The van der Waals surface area contributed by atoms with Gasteiger partial charge in [0.1, 0.15) is 18.1 Å². The number of halogens is 3. The molecule has 0 aromatic heterocycles. The van der Waals surface area contributed by atoms with Gasteiger partial charge in [0.15, 0.2) is 11.5 Å². The molecule has 2 aromatic rings. The van der Waals surface area contributed by atoms with Gasteiger partial charge in [0.25, 0.3) is 0 Å². The largest absolute Gasteiger partial charge is 0.485 e. The first-order valence-corrected chi connectivity index (χ1v) is 11.0. The summed E-state index contributed by atoms with van der Waals surface area (Å²) in [5.74, 6) is 0.139. The maximum absolute atomic E-state index is 11.9. The zero-order valence-electron chi connectivity index (χ0n) is 15.2. The molecule has 0 bridgehead atoms. The third-order valence-electron chi connectivity index (χ3n) is 4.56. The highest BCUT2D eigenvalue weighted by Gasteiger charge is 2.45. The number of β-lactam (4-membered cyclic amide) rings is 1. The molecule has 1 saturated heterocycles. The van der Waals surface area contributed by atoms with Crippen LogP contribution in [-0.2, 0) is 9.59 Å². The number of amides is 1. The van der Waals surface area contributed by atoms with E-state index in [9.17, 15) is 14.7 Å². The number of nitrogens with zero attached hydrogens (tertiary/aromatic N) is 1. The first-order valence-electron chi connectivity index (χ1n) is 8.77. The molecule has 0 saturated carbocycles. The molecule has 1 N–H and O–H groups in total. The molecule has 4 rings (SSSR count). The maximum atomic E-state index is 11.9. The molecular weight excluding hydrogens is 473 g/mol. The van der Waals surface area contributed by atoms with Gasteiger partial charge in [-0.15, -0.1) is 11.8 Å². The smallest absolute Gasteiger partial charge is 0.352 e. The van der Waals surface area contributed by atoms with Crippen molar-refractivity contribution in [1.29, 1.82) is 0 Å². The molecule has 0 spiro atoms. The van der Waals surface area contributed by atoms with Crippen LogP contribution in [0.25, 0.3) is 0 Å². The number of rotatable bonds is 6. The van der Waals surface area contributed by atoms with Crippen molar-refractivity contribution in [3.8, 4) is 17.2 Å². The predicted molar refractivity (Wildman–Crippen MR) is 116 cm³/mol. The van der Waals surface area contributed by atoms with Crippen molar-refractivity contribution in [2.75, 3.05) is 12.4 Å². The van der Waals surface area contributed by atoms with E-state index in [-0.39, 0.29) is 23.6 Å². The number of aliphatic carboxylic acids is 1. The molecule has 10 heteroatoms. The summed E-state index contributed by atoms with van der Waals surface area (Å²) >= 11 is 19.7. The highest BCUT2D eigenvalue weighted by Crippen LogP contribution is 2.41. The van der Waals surface area contributed by atoms with E-state index in [1.165, 1.54) is 16.7 Å². The summed E-state index contributed by atoms with van der Waals surface area (Å²) in [7, 11) is 0. The van der Waals surface area contributed by atoms with Crippen molar-refractivity contribution in [3.05, 3.63) is 62.7 Å². The summed E-state index contributed by atoms with van der Waals surface area (Å²) < 4.78 is 11.7. The molecule has 2 heterocycles. The predicted octanol–water partition coefficient (Wildman–Crippen LogP) is 5.46. The first-order chi connectivity index (χ1) is 14.3. The lowest BCUT2D eigenvalue weighted by Crippen LogP contribution is -2.54. The van der Waals surface area contributed by atoms with Gasteiger partial charge in [-0.1, -0.05) is 34.8 Å². The van der Waals surface area contributed by atoms with Crippen LogP contribution in [0.4, 0.5) is 0 Å². The SMILES string of the molecule is O=C(O)C1=C(COc2cc(Cl)ccc2Oc2ccc(Cl)cc2Cl)CS[C@H]2CC(=O)N12. The number of hydrogen-bond donors (Lipinski definition) is 1. The molecule has 0 radical (unpaired) electrons. The van der Waals surface area contributed by atoms with Gasteiger partial charge in [-0.2, -0.15) is 0 Å². The summed E-state index contributed by atoms with van der Waals surface area (Å²) in [6, 6.07) is 9.65. The van der Waals surface area contributed by atoms with Crippen LogP contribution in [0.3, 0.4) is 0 Å². The zero-order valence-corrected chi connectivity index (χ0v) is 18.3. The monoisotopic (exact) mass is 485 g/mol. The van der Waals surface area contributed by atoms with E-state index >= 15 is 0 Å². The number of hydrogen-bond acceptors (Lipinski definition) is 5. The first kappa shape index (κ1) is 21.2. The summed E-state index contributed by atoms with van der Waals surface area (Å²) in [5.41, 5.74) is 0.493. The second-order valence-electron chi connectivity index (χ2n) is 6.55. The van der Waals surface area contributed by atoms with Crippen LogP contribution in [0.15, 0.2) is 47.7 Å². The number of benzene rings is 2. The van der Waals surface area contributed by atoms with Crippen LogP contribution >= 0.6 is 46.6 Å². The molecule has 2 aliphatic rings. The lowest BCUT2D eigenvalue weighted by atomic mass is 10.1. The summed E-state index contributed by atoms with van der Waals surface area (Å²) in [6.45, 7) is -0.0316. The zero-order chi connectivity index (χ0) is 21.4. The molecule has 1 amide bonds. The third-order valence-corrected chi connectivity index (χ3v) is 6.60. The van der Waals surface area contributed by atoms with Crippen molar-refractivity contribution in [1.82, 2.24) is 4.90 Å². The van der Waals surface area contributed by atoms with E-state index in [0.717, 1.165) is 0 Å². The minimum Gasteiger partial charge on any atom is -0.485 e. The van der Waals surface area contributed by atoms with Crippen LogP contribution in [0.5, 0.6) is 17.2 Å². The average Bonchev–Trinajstić information content (AvgIpc) is 2.69. The molecule has 0 aliphatic carbocycles. The minimum absolute atomic E-state index is 0.0137. The van der Waals surface area contributed by atoms with Gasteiger partial charge < -0.3 is 14.6 Å². The number of carboxylic acids is 1. The number of ether oxygens (including phenoxy) is 2. The fourth-order valence-electron chi connectivity index (χ4n) is 3.11. The standard InChI is InChI=1S/C20H14Cl3NO5S/c21-11-1-3-14(13(23)5-11)29-15-4-2-12(22)6-16(15)28-8-10-9-30-18-7-17(25)24(18)19(10)20(26)27/h1-6,18H,7-9H2,(H,26,27)/t18-/m0/s1. The van der Waals surface area contributed by atoms with Crippen molar-refractivity contribution < 1.29 is 24.2 Å². The summed E-state index contributed by atoms with van der Waals surface area (Å²) in [6.07, 6.45) is 0.351. The lowest BCUT2D eigenvalue weighted by molar-refractivity contribution is -0.146. The molecule has 2 aromatic carbocycles. The molecule has 1 atom stereocenters. The average molecular weight is 487 g/mol. The molecule has 30 heavy (non-hydrogen) atoms. The number of carboxylic acid groups (broad SMARTS) is 1. The van der Waals surface area contributed by atoms with Crippen LogP contribution < -0.4 is 9.47 Å². The van der Waals surface area contributed by atoms with E-state index in [1.54, 1.807) is 36.4 Å². The van der Waals surface area contributed by atoms with Gasteiger partial charge >= 0.3 is 5.97 Å². The van der Waals surface area contributed by atoms with Crippen LogP contribution in [0, 0.1) is 0 Å². The third kappa shape index (κ3) is 4.21. The number of carbonyl (C=O) groups is 2. The fraction of sp³-hybridized carbons (Fsp3) is 0.200. The Kier molecular flexibility index (Phi) is 6.06. The topological polar surface area (TPSA) is 76.1 Å². The van der Waals surface area contributed by atoms with Gasteiger partial charge in [-0.05, 0) is 30.3 Å². The highest BCUT2D eigenvalue weighted by molar-refractivity contribution is 8.00. The van der Waals surface area contributed by atoms with Gasteiger partial charge in [-0.25, -0.2) is 4.79 Å². The molecular formula is C20H14Cl3NO5S. The summed E-state index contributed by atoms with van der Waals surface area (Å²) in [5, 5.41) is 10.7. The molecule has 156 valence electrons. The quantitative estimate of drug-likeness (QED) is 0.546. The van der Waals surface area contributed by atoms with Gasteiger partial charge in [0, 0.05) is 27.4 Å². The number of carbonyl (C=O) groups excluding carboxylic acids is 1. The Hall–Kier alpha value is -2.06. The molecule has 6 nitrogen and oxygen atoms in total. The lowest BCUT2D eigenvalue weighted by Gasteiger charge is -2.43. The second-order valence-corrected chi connectivity index (χ2v) is 8.99. The van der Waals surface area contributed by atoms with E-state index in [2.05, 4.69) is 0 Å². The van der Waals surface area contributed by atoms with Gasteiger partial charge in [0.2, 0.25) is 5.91 Å². The van der Waals surface area contributed by atoms with Crippen LogP contribution in [-0.4, -0.2) is 39.6 Å². The highest BCUT2D eigenvalue weighted by atomic mass is 35.5. The Morgan fingerprint density at radius 2 is 1.80 bits per heavy atom. The summed E-state index contributed by atoms with van der Waals surface area (Å²) in [4.78, 5) is 24.9. The van der Waals surface area contributed by atoms with Crippen molar-refractivity contribution in [2.24, 2.45) is 0 Å². The van der Waals surface area contributed by atoms with E-state index < -0.39 is 5.97 Å². The number of thioether (sulfide) groups is 1. The normalized spacial score (nSPS) is 18.0. The van der Waals surface area contributed by atoms with Crippen molar-refractivity contribution in [2.45, 2.75) is 11.8 Å². The maximum Gasteiger partial charge on any atom is 0.352 e. The van der Waals surface area contributed by atoms with Crippen LogP contribution in [0.1, 0.15) is 6.42 Å². The Morgan fingerprint density at radius 3 is 2.47 bits per heavy atom. The van der Waals surface area contributed by atoms with E-state index in [1.807, 2.05) is 0 Å². The molecule has 2 aliphatic heterocycles. The Morgan fingerprint density at radius 1 is 1.10 bits per heavy atom. The van der Waals surface area contributed by atoms with Crippen molar-refractivity contribution >= 4 is 58.4 Å².